The molecular weight excluding hydrogens is 298 g/mol. The Balaban J connectivity index is 1.49. The Morgan fingerprint density at radius 1 is 1.00 bits per heavy atom. The van der Waals surface area contributed by atoms with Crippen molar-refractivity contribution >= 4 is 0 Å². The van der Waals surface area contributed by atoms with E-state index in [9.17, 15) is 5.11 Å². The summed E-state index contributed by atoms with van der Waals surface area (Å²) in [5, 5.41) is 9.79. The van der Waals surface area contributed by atoms with Crippen LogP contribution in [-0.4, -0.2) is 17.3 Å². The number of hydrogen-bond acceptors (Lipinski definition) is 3. The van der Waals surface area contributed by atoms with Crippen LogP contribution in [0.25, 0.3) is 0 Å². The van der Waals surface area contributed by atoms with Crippen molar-refractivity contribution in [2.75, 3.05) is 6.61 Å². The molecule has 1 fully saturated rings. The van der Waals surface area contributed by atoms with Gasteiger partial charge >= 0.3 is 0 Å². The number of nitrogens with two attached hydrogens (primary N) is 1. The van der Waals surface area contributed by atoms with Crippen LogP contribution in [0.4, 0.5) is 0 Å². The molecule has 2 aliphatic carbocycles. The smallest absolute Gasteiger partial charge is 0.115 e. The molecule has 4 rings (SSSR count). The van der Waals surface area contributed by atoms with E-state index in [-0.39, 0.29) is 5.54 Å². The largest absolute Gasteiger partial charge is 0.508 e. The van der Waals surface area contributed by atoms with Crippen molar-refractivity contribution in [1.29, 1.82) is 0 Å². The number of benzene rings is 2. The van der Waals surface area contributed by atoms with E-state index in [1.54, 1.807) is 6.07 Å². The van der Waals surface area contributed by atoms with Crippen LogP contribution in [0.15, 0.2) is 48.5 Å². The van der Waals surface area contributed by atoms with Crippen LogP contribution in [0.1, 0.15) is 29.5 Å². The Kier molecular flexibility index (Phi) is 4.07. The zero-order valence-corrected chi connectivity index (χ0v) is 13.9. The van der Waals surface area contributed by atoms with Crippen LogP contribution >= 0.6 is 0 Å². The number of phenols is 1. The molecule has 0 saturated heterocycles. The van der Waals surface area contributed by atoms with E-state index in [4.69, 9.17) is 10.5 Å². The van der Waals surface area contributed by atoms with Crippen LogP contribution < -0.4 is 5.73 Å². The average molecular weight is 323 g/mol. The molecule has 0 heterocycles. The zero-order chi connectivity index (χ0) is 16.6. The first-order valence-electron chi connectivity index (χ1n) is 8.86. The Labute approximate surface area is 143 Å². The normalized spacial score (nSPS) is 28.4. The Hall–Kier alpha value is -1.84. The van der Waals surface area contributed by atoms with Crippen molar-refractivity contribution in [1.82, 2.24) is 0 Å². The SMILES string of the molecule is NC1(COCc2ccccc2)C2CCC1Cc1cc(O)ccc1C2. The molecule has 3 atom stereocenters. The van der Waals surface area contributed by atoms with Gasteiger partial charge in [0, 0.05) is 5.54 Å². The van der Waals surface area contributed by atoms with Gasteiger partial charge in [0.25, 0.3) is 0 Å². The van der Waals surface area contributed by atoms with Gasteiger partial charge in [-0.15, -0.1) is 0 Å². The molecule has 2 aromatic rings. The van der Waals surface area contributed by atoms with E-state index in [0.717, 1.165) is 19.3 Å². The summed E-state index contributed by atoms with van der Waals surface area (Å²) < 4.78 is 6.05. The summed E-state index contributed by atoms with van der Waals surface area (Å²) in [7, 11) is 0. The summed E-state index contributed by atoms with van der Waals surface area (Å²) in [4.78, 5) is 0. The summed E-state index contributed by atoms with van der Waals surface area (Å²) in [6, 6.07) is 16.0. The van der Waals surface area contributed by atoms with Gasteiger partial charge in [-0.2, -0.15) is 0 Å². The number of fused-ring (bicyclic) bond motifs is 3. The van der Waals surface area contributed by atoms with E-state index in [2.05, 4.69) is 18.2 Å². The van der Waals surface area contributed by atoms with Gasteiger partial charge in [-0.05, 0) is 66.3 Å². The van der Waals surface area contributed by atoms with Crippen LogP contribution in [0, 0.1) is 11.8 Å². The fraction of sp³-hybridized carbons (Fsp3) is 0.429. The topological polar surface area (TPSA) is 55.5 Å². The quantitative estimate of drug-likeness (QED) is 0.906. The van der Waals surface area contributed by atoms with E-state index >= 15 is 0 Å². The van der Waals surface area contributed by atoms with Crippen LogP contribution in [0.5, 0.6) is 5.75 Å². The zero-order valence-electron chi connectivity index (χ0n) is 13.9. The fourth-order valence-electron chi connectivity index (χ4n) is 4.55. The molecule has 0 aromatic heterocycles. The predicted molar refractivity (Wildman–Crippen MR) is 94.7 cm³/mol. The first-order valence-corrected chi connectivity index (χ1v) is 8.86. The van der Waals surface area contributed by atoms with Crippen LogP contribution in [0.2, 0.25) is 0 Å². The second-order valence-electron chi connectivity index (χ2n) is 7.42. The maximum atomic E-state index is 9.79. The van der Waals surface area contributed by atoms with Crippen LogP contribution in [-0.2, 0) is 24.2 Å². The van der Waals surface area contributed by atoms with E-state index in [0.29, 0.717) is 30.8 Å². The fourth-order valence-corrected chi connectivity index (χ4v) is 4.55. The summed E-state index contributed by atoms with van der Waals surface area (Å²) in [5.41, 5.74) is 10.4. The molecule has 1 saturated carbocycles. The average Bonchev–Trinajstić information content (AvgIpc) is 2.79. The molecule has 24 heavy (non-hydrogen) atoms. The second-order valence-corrected chi connectivity index (χ2v) is 7.42. The molecular formula is C21H25NO2. The molecule has 3 N–H and O–H groups in total. The van der Waals surface area contributed by atoms with Crippen molar-refractivity contribution in [3.05, 3.63) is 65.2 Å². The molecule has 2 bridgehead atoms. The van der Waals surface area contributed by atoms with Crippen molar-refractivity contribution < 1.29 is 9.84 Å². The highest BCUT2D eigenvalue weighted by molar-refractivity contribution is 5.38. The molecule has 3 unspecified atom stereocenters. The number of ether oxygens (including phenoxy) is 1. The third-order valence-corrected chi connectivity index (χ3v) is 5.97. The van der Waals surface area contributed by atoms with Crippen LogP contribution in [0.3, 0.4) is 0 Å². The molecule has 126 valence electrons. The van der Waals surface area contributed by atoms with E-state index in [1.807, 2.05) is 24.3 Å². The minimum absolute atomic E-state index is 0.260. The number of hydrogen-bond donors (Lipinski definition) is 2. The number of phenolic OH excluding ortho intramolecular Hbond substituents is 1. The standard InChI is InChI=1S/C21H25NO2/c22-21(14-24-13-15-4-2-1-3-5-15)18-7-8-19(21)11-17-12-20(23)9-6-16(17)10-18/h1-6,9,12,18-19,23H,7-8,10-11,13-14,22H2. The predicted octanol–water partition coefficient (Wildman–Crippen LogP) is 3.43. The van der Waals surface area contributed by atoms with Gasteiger partial charge in [0.1, 0.15) is 5.75 Å². The molecule has 2 aliphatic rings. The molecule has 3 nitrogen and oxygen atoms in total. The van der Waals surface area contributed by atoms with Crippen molar-refractivity contribution in [3.63, 3.8) is 0 Å². The summed E-state index contributed by atoms with van der Waals surface area (Å²) in [6.45, 7) is 1.23. The van der Waals surface area contributed by atoms with Crippen molar-refractivity contribution in [2.45, 2.75) is 37.8 Å². The first-order chi connectivity index (χ1) is 11.6. The van der Waals surface area contributed by atoms with E-state index in [1.165, 1.54) is 23.1 Å². The summed E-state index contributed by atoms with van der Waals surface area (Å²) >= 11 is 0. The first kappa shape index (κ1) is 15.7. The summed E-state index contributed by atoms with van der Waals surface area (Å²) in [5.74, 6) is 1.25. The Bertz CT molecular complexity index is 715. The Morgan fingerprint density at radius 2 is 1.71 bits per heavy atom. The molecule has 0 spiro atoms. The van der Waals surface area contributed by atoms with Gasteiger partial charge in [0.15, 0.2) is 0 Å². The Morgan fingerprint density at radius 3 is 2.46 bits per heavy atom. The highest BCUT2D eigenvalue weighted by atomic mass is 16.5. The lowest BCUT2D eigenvalue weighted by Crippen LogP contribution is -2.53. The number of aromatic hydroxyl groups is 1. The summed E-state index contributed by atoms with van der Waals surface area (Å²) in [6.07, 6.45) is 4.28. The molecule has 0 amide bonds. The van der Waals surface area contributed by atoms with Gasteiger partial charge in [0.2, 0.25) is 0 Å². The van der Waals surface area contributed by atoms with Crippen molar-refractivity contribution in [2.24, 2.45) is 17.6 Å². The van der Waals surface area contributed by atoms with Crippen molar-refractivity contribution in [3.8, 4) is 5.75 Å². The number of rotatable bonds is 4. The maximum absolute atomic E-state index is 9.79. The monoisotopic (exact) mass is 323 g/mol. The lowest BCUT2D eigenvalue weighted by atomic mass is 9.80. The third kappa shape index (κ3) is 2.83. The highest BCUT2D eigenvalue weighted by Gasteiger charge is 2.49. The van der Waals surface area contributed by atoms with Gasteiger partial charge in [-0.1, -0.05) is 36.4 Å². The lowest BCUT2D eigenvalue weighted by Gasteiger charge is -2.35. The minimum atomic E-state index is -0.260. The molecule has 3 heteroatoms. The highest BCUT2D eigenvalue weighted by Crippen LogP contribution is 2.46. The maximum Gasteiger partial charge on any atom is 0.115 e. The second kappa shape index (κ2) is 6.23. The van der Waals surface area contributed by atoms with Gasteiger partial charge in [-0.25, -0.2) is 0 Å². The van der Waals surface area contributed by atoms with E-state index < -0.39 is 0 Å². The lowest BCUT2D eigenvalue weighted by molar-refractivity contribution is 0.0403. The van der Waals surface area contributed by atoms with Gasteiger partial charge in [0.05, 0.1) is 13.2 Å². The third-order valence-electron chi connectivity index (χ3n) is 5.97. The molecule has 2 aromatic carbocycles. The van der Waals surface area contributed by atoms with Gasteiger partial charge in [-0.3, -0.25) is 0 Å². The van der Waals surface area contributed by atoms with Gasteiger partial charge < -0.3 is 15.6 Å². The molecule has 0 aliphatic heterocycles. The minimum Gasteiger partial charge on any atom is -0.508 e. The molecule has 0 radical (unpaired) electrons.